The van der Waals surface area contributed by atoms with Gasteiger partial charge in [-0.3, -0.25) is 4.90 Å². The van der Waals surface area contributed by atoms with Crippen LogP contribution in [0.3, 0.4) is 0 Å². The molecule has 110 valence electrons. The van der Waals surface area contributed by atoms with E-state index >= 15 is 0 Å². The number of thiophene rings is 1. The van der Waals surface area contributed by atoms with E-state index in [1.165, 1.54) is 15.3 Å². The fourth-order valence-electron chi connectivity index (χ4n) is 2.08. The first-order chi connectivity index (χ1) is 9.54. The zero-order chi connectivity index (χ0) is 14.5. The molecule has 2 aromatic rings. The Morgan fingerprint density at radius 3 is 2.80 bits per heavy atom. The maximum atomic E-state index is 4.34. The molecule has 0 radical (unpaired) electrons. The van der Waals surface area contributed by atoms with Crippen molar-refractivity contribution in [1.29, 1.82) is 0 Å². The van der Waals surface area contributed by atoms with Crippen LogP contribution in [0.5, 0.6) is 0 Å². The minimum absolute atomic E-state index is 0.535. The molecule has 2 rings (SSSR count). The van der Waals surface area contributed by atoms with Crippen molar-refractivity contribution in [3.8, 4) is 0 Å². The summed E-state index contributed by atoms with van der Waals surface area (Å²) in [4.78, 5) is 9.52. The van der Waals surface area contributed by atoms with E-state index in [9.17, 15) is 0 Å². The van der Waals surface area contributed by atoms with E-state index in [0.717, 1.165) is 25.3 Å². The van der Waals surface area contributed by atoms with Gasteiger partial charge in [-0.05, 0) is 25.6 Å². The highest BCUT2D eigenvalue weighted by molar-refractivity contribution is 7.12. The summed E-state index contributed by atoms with van der Waals surface area (Å²) in [5, 5.41) is 5.60. The largest absolute Gasteiger partial charge is 0.310 e. The van der Waals surface area contributed by atoms with Gasteiger partial charge in [-0.2, -0.15) is 0 Å². The van der Waals surface area contributed by atoms with E-state index in [2.05, 4.69) is 54.5 Å². The second-order valence-electron chi connectivity index (χ2n) is 5.48. The van der Waals surface area contributed by atoms with Crippen LogP contribution >= 0.6 is 22.7 Å². The summed E-state index contributed by atoms with van der Waals surface area (Å²) >= 11 is 3.56. The van der Waals surface area contributed by atoms with Crippen LogP contribution in [0.2, 0.25) is 0 Å². The Hall–Kier alpha value is -0.750. The molecular formula is C15H23N3S2. The van der Waals surface area contributed by atoms with Crippen LogP contribution in [-0.2, 0) is 19.6 Å². The lowest BCUT2D eigenvalue weighted by atomic mass is 10.2. The molecule has 3 nitrogen and oxygen atoms in total. The summed E-state index contributed by atoms with van der Waals surface area (Å²) in [6.45, 7) is 9.46. The van der Waals surface area contributed by atoms with Gasteiger partial charge in [0, 0.05) is 40.8 Å². The lowest BCUT2D eigenvalue weighted by Crippen LogP contribution is -2.21. The molecule has 0 unspecified atom stereocenters. The molecule has 5 heteroatoms. The zero-order valence-corrected chi connectivity index (χ0v) is 14.3. The standard InChI is InChI=1S/C15H23N3S2/c1-11(2)16-6-15-5-13(12(3)20-15)7-18(4)8-14-9-19-10-17-14/h5,9-11,16H,6-8H2,1-4H3. The minimum Gasteiger partial charge on any atom is -0.310 e. The smallest absolute Gasteiger partial charge is 0.0795 e. The predicted molar refractivity (Wildman–Crippen MR) is 88.3 cm³/mol. The van der Waals surface area contributed by atoms with Crippen molar-refractivity contribution < 1.29 is 0 Å². The second-order valence-corrected chi connectivity index (χ2v) is 7.54. The Morgan fingerprint density at radius 1 is 1.35 bits per heavy atom. The zero-order valence-electron chi connectivity index (χ0n) is 12.6. The number of hydrogen-bond donors (Lipinski definition) is 1. The van der Waals surface area contributed by atoms with Crippen LogP contribution in [0.15, 0.2) is 17.0 Å². The third-order valence-corrected chi connectivity index (χ3v) is 4.84. The third kappa shape index (κ3) is 4.66. The van der Waals surface area contributed by atoms with Crippen molar-refractivity contribution in [1.82, 2.24) is 15.2 Å². The van der Waals surface area contributed by atoms with E-state index in [1.54, 1.807) is 11.3 Å². The summed E-state index contributed by atoms with van der Waals surface area (Å²) in [6, 6.07) is 2.88. The van der Waals surface area contributed by atoms with Crippen LogP contribution in [-0.4, -0.2) is 23.0 Å². The molecule has 0 saturated carbocycles. The van der Waals surface area contributed by atoms with Crippen LogP contribution < -0.4 is 5.32 Å². The maximum absolute atomic E-state index is 4.34. The molecule has 0 aromatic carbocycles. The van der Waals surface area contributed by atoms with Gasteiger partial charge in [-0.25, -0.2) is 4.98 Å². The van der Waals surface area contributed by atoms with Gasteiger partial charge in [0.1, 0.15) is 0 Å². The molecule has 0 aliphatic heterocycles. The molecule has 0 bridgehead atoms. The van der Waals surface area contributed by atoms with E-state index in [-0.39, 0.29) is 0 Å². The van der Waals surface area contributed by atoms with E-state index in [1.807, 2.05) is 16.8 Å². The molecule has 0 spiro atoms. The molecule has 20 heavy (non-hydrogen) atoms. The average molecular weight is 310 g/mol. The SMILES string of the molecule is Cc1sc(CNC(C)C)cc1CN(C)Cc1cscn1. The number of thiazole rings is 1. The average Bonchev–Trinajstić information content (AvgIpc) is 2.98. The van der Waals surface area contributed by atoms with Crippen LogP contribution in [0.25, 0.3) is 0 Å². The molecule has 0 saturated heterocycles. The molecule has 1 N–H and O–H groups in total. The van der Waals surface area contributed by atoms with Crippen molar-refractivity contribution in [2.45, 2.75) is 46.4 Å². The van der Waals surface area contributed by atoms with Gasteiger partial charge in [0.15, 0.2) is 0 Å². The summed E-state index contributed by atoms with van der Waals surface area (Å²) in [5.74, 6) is 0. The highest BCUT2D eigenvalue weighted by Crippen LogP contribution is 2.23. The second kappa shape index (κ2) is 7.31. The van der Waals surface area contributed by atoms with Gasteiger partial charge in [0.2, 0.25) is 0 Å². The Bertz CT molecular complexity index is 517. The van der Waals surface area contributed by atoms with E-state index in [4.69, 9.17) is 0 Å². The third-order valence-electron chi connectivity index (χ3n) is 3.11. The molecule has 0 aliphatic rings. The van der Waals surface area contributed by atoms with Gasteiger partial charge in [0.05, 0.1) is 11.2 Å². The maximum Gasteiger partial charge on any atom is 0.0795 e. The van der Waals surface area contributed by atoms with Crippen LogP contribution in [0.4, 0.5) is 0 Å². The van der Waals surface area contributed by atoms with Crippen molar-refractivity contribution in [2.75, 3.05) is 7.05 Å². The normalized spacial score (nSPS) is 11.7. The summed E-state index contributed by atoms with van der Waals surface area (Å²) in [5.41, 5.74) is 4.50. The van der Waals surface area contributed by atoms with Gasteiger partial charge >= 0.3 is 0 Å². The van der Waals surface area contributed by atoms with Crippen LogP contribution in [0.1, 0.15) is 34.9 Å². The molecular weight excluding hydrogens is 286 g/mol. The number of aromatic nitrogens is 1. The van der Waals surface area contributed by atoms with Crippen molar-refractivity contribution in [2.24, 2.45) is 0 Å². The highest BCUT2D eigenvalue weighted by atomic mass is 32.1. The van der Waals surface area contributed by atoms with Gasteiger partial charge in [0.25, 0.3) is 0 Å². The Labute approximate surface area is 129 Å². The lowest BCUT2D eigenvalue weighted by molar-refractivity contribution is 0.315. The Kier molecular flexibility index (Phi) is 5.72. The number of nitrogens with zero attached hydrogens (tertiary/aromatic N) is 2. The topological polar surface area (TPSA) is 28.2 Å². The van der Waals surface area contributed by atoms with Crippen LogP contribution in [0, 0.1) is 6.92 Å². The highest BCUT2D eigenvalue weighted by Gasteiger charge is 2.09. The molecule has 2 aromatic heterocycles. The van der Waals surface area contributed by atoms with E-state index < -0.39 is 0 Å². The quantitative estimate of drug-likeness (QED) is 0.846. The fourth-order valence-corrected chi connectivity index (χ4v) is 3.63. The van der Waals surface area contributed by atoms with Gasteiger partial charge in [-0.1, -0.05) is 13.8 Å². The van der Waals surface area contributed by atoms with Crippen molar-refractivity contribution in [3.05, 3.63) is 38.0 Å². The Morgan fingerprint density at radius 2 is 2.15 bits per heavy atom. The molecule has 2 heterocycles. The number of rotatable bonds is 7. The first-order valence-electron chi connectivity index (χ1n) is 6.91. The number of aryl methyl sites for hydroxylation is 1. The minimum atomic E-state index is 0.535. The number of nitrogens with one attached hydrogen (secondary N) is 1. The number of hydrogen-bond acceptors (Lipinski definition) is 5. The summed E-state index contributed by atoms with van der Waals surface area (Å²) in [6.07, 6.45) is 0. The molecule has 0 atom stereocenters. The van der Waals surface area contributed by atoms with Crippen molar-refractivity contribution in [3.63, 3.8) is 0 Å². The van der Waals surface area contributed by atoms with Gasteiger partial charge in [-0.15, -0.1) is 22.7 Å². The summed E-state index contributed by atoms with van der Waals surface area (Å²) in [7, 11) is 2.16. The lowest BCUT2D eigenvalue weighted by Gasteiger charge is -2.14. The Balaban J connectivity index is 1.91. The van der Waals surface area contributed by atoms with E-state index in [0.29, 0.717) is 6.04 Å². The fraction of sp³-hybridized carbons (Fsp3) is 0.533. The monoisotopic (exact) mass is 309 g/mol. The predicted octanol–water partition coefficient (Wildman–Crippen LogP) is 3.64. The first-order valence-corrected chi connectivity index (χ1v) is 8.67. The first kappa shape index (κ1) is 15.6. The van der Waals surface area contributed by atoms with Gasteiger partial charge < -0.3 is 5.32 Å². The summed E-state index contributed by atoms with van der Waals surface area (Å²) < 4.78 is 0. The molecule has 0 aliphatic carbocycles. The van der Waals surface area contributed by atoms with Crippen molar-refractivity contribution >= 4 is 22.7 Å². The molecule has 0 fully saturated rings. The molecule has 0 amide bonds.